The minimum Gasteiger partial charge on any atom is -0.475 e. The van der Waals surface area contributed by atoms with Crippen LogP contribution in [0.25, 0.3) is 32.8 Å². The number of fused-ring (bicyclic) bond motifs is 4. The van der Waals surface area contributed by atoms with Gasteiger partial charge in [0.15, 0.2) is 0 Å². The Kier molecular flexibility index (Phi) is 6.74. The molecule has 7 nitrogen and oxygen atoms in total. The Morgan fingerprint density at radius 2 is 2.02 bits per heavy atom. The fourth-order valence-corrected chi connectivity index (χ4v) is 8.64. The zero-order chi connectivity index (χ0) is 30.9. The van der Waals surface area contributed by atoms with Crippen LogP contribution in [0.5, 0.6) is 5.88 Å². The van der Waals surface area contributed by atoms with E-state index in [0.29, 0.717) is 42.2 Å². The average Bonchev–Trinajstić information content (AvgIpc) is 3.68. The summed E-state index contributed by atoms with van der Waals surface area (Å²) in [6.07, 6.45) is 3.61. The number of carbonyl (C=O) groups is 1. The van der Waals surface area contributed by atoms with E-state index in [2.05, 4.69) is 34.6 Å². The smallest absolute Gasteiger partial charge is 0.246 e. The molecule has 3 aromatic carbocycles. The summed E-state index contributed by atoms with van der Waals surface area (Å²) in [5, 5.41) is 14.1. The van der Waals surface area contributed by atoms with E-state index in [1.54, 1.807) is 0 Å². The number of pyridine rings is 1. The minimum absolute atomic E-state index is 0.0623. The van der Waals surface area contributed by atoms with E-state index in [1.807, 2.05) is 47.4 Å². The molecule has 0 spiro atoms. The number of hydrogen-bond donors (Lipinski definition) is 0. The third-order valence-electron chi connectivity index (χ3n) is 10.5. The topological polar surface area (TPSA) is 72.7 Å². The molecule has 0 bridgehead atoms. The fraction of sp³-hybridized carbons (Fsp3) is 0.361. The Balaban J connectivity index is 1.25. The molecular weight excluding hydrogens is 589 g/mol. The molecule has 0 aliphatic carbocycles. The molecule has 1 amide bonds. The fourth-order valence-electron chi connectivity index (χ4n) is 8.35. The molecule has 0 saturated carbocycles. The van der Waals surface area contributed by atoms with Crippen LogP contribution >= 0.6 is 11.6 Å². The van der Waals surface area contributed by atoms with Crippen molar-refractivity contribution in [3.63, 3.8) is 0 Å². The molecule has 4 fully saturated rings. The van der Waals surface area contributed by atoms with Gasteiger partial charge in [0, 0.05) is 41.9 Å². The summed E-state index contributed by atoms with van der Waals surface area (Å²) in [4.78, 5) is 23.8. The van der Waals surface area contributed by atoms with Gasteiger partial charge in [-0.2, -0.15) is 5.26 Å². The SMILES string of the molecule is C=CC(=O)N1CC[C@@H]2[C@H]1CN2c1c(C#N)c(OC[C@@]23CCCN2C[C@H](F)C3)nc2cc(-c3cccc4cccc(Cl)c34)ccc12. The van der Waals surface area contributed by atoms with E-state index in [0.717, 1.165) is 58.8 Å². The van der Waals surface area contributed by atoms with Crippen molar-refractivity contribution in [2.24, 2.45) is 0 Å². The summed E-state index contributed by atoms with van der Waals surface area (Å²) in [6, 6.07) is 20.7. The van der Waals surface area contributed by atoms with Crippen molar-refractivity contribution in [3.05, 3.63) is 77.8 Å². The quantitative estimate of drug-likeness (QED) is 0.229. The van der Waals surface area contributed by atoms with Crippen molar-refractivity contribution < 1.29 is 13.9 Å². The first kappa shape index (κ1) is 28.3. The van der Waals surface area contributed by atoms with E-state index < -0.39 is 6.17 Å². The number of hydrogen-bond acceptors (Lipinski definition) is 6. The number of carbonyl (C=O) groups excluding carboxylic acids is 1. The Morgan fingerprint density at radius 1 is 1.18 bits per heavy atom. The van der Waals surface area contributed by atoms with E-state index in [1.165, 1.54) is 6.08 Å². The van der Waals surface area contributed by atoms with E-state index in [-0.39, 0.29) is 36.0 Å². The zero-order valence-corrected chi connectivity index (χ0v) is 25.6. The van der Waals surface area contributed by atoms with Gasteiger partial charge in [0.25, 0.3) is 0 Å². The van der Waals surface area contributed by atoms with Gasteiger partial charge in [-0.25, -0.2) is 9.37 Å². The summed E-state index contributed by atoms with van der Waals surface area (Å²) < 4.78 is 21.0. The summed E-state index contributed by atoms with van der Waals surface area (Å²) in [5.41, 5.74) is 3.45. The number of alkyl halides is 1. The number of rotatable bonds is 6. The lowest BCUT2D eigenvalue weighted by molar-refractivity contribution is -0.127. The summed E-state index contributed by atoms with van der Waals surface area (Å²) in [7, 11) is 0. The van der Waals surface area contributed by atoms with Crippen LogP contribution in [0, 0.1) is 11.3 Å². The van der Waals surface area contributed by atoms with E-state index in [4.69, 9.17) is 21.3 Å². The minimum atomic E-state index is -0.874. The predicted octanol–water partition coefficient (Wildman–Crippen LogP) is 6.51. The van der Waals surface area contributed by atoms with Gasteiger partial charge in [0.2, 0.25) is 11.8 Å². The number of ether oxygens (including phenoxy) is 1. The molecule has 5 heterocycles. The lowest BCUT2D eigenvalue weighted by Gasteiger charge is -2.48. The molecule has 4 aliphatic heterocycles. The molecular formula is C36H33ClFN5O2. The van der Waals surface area contributed by atoms with Gasteiger partial charge >= 0.3 is 0 Å². The maximum absolute atomic E-state index is 14.6. The summed E-state index contributed by atoms with van der Waals surface area (Å²) in [5.74, 6) is 0.213. The first-order chi connectivity index (χ1) is 21.9. The lowest BCUT2D eigenvalue weighted by atomic mass is 9.92. The van der Waals surface area contributed by atoms with E-state index in [9.17, 15) is 14.4 Å². The van der Waals surface area contributed by atoms with Crippen LogP contribution in [0.1, 0.15) is 31.2 Å². The van der Waals surface area contributed by atoms with Gasteiger partial charge < -0.3 is 14.5 Å². The number of anilines is 1. The maximum Gasteiger partial charge on any atom is 0.246 e. The predicted molar refractivity (Wildman–Crippen MR) is 174 cm³/mol. The molecule has 4 aromatic rings. The molecule has 0 N–H and O–H groups in total. The number of benzene rings is 3. The van der Waals surface area contributed by atoms with Crippen LogP contribution in [-0.4, -0.2) is 77.3 Å². The van der Waals surface area contributed by atoms with Gasteiger partial charge in [0.05, 0.1) is 28.8 Å². The van der Waals surface area contributed by atoms with Crippen LogP contribution < -0.4 is 9.64 Å². The molecule has 228 valence electrons. The normalized spacial score (nSPS) is 25.7. The second-order valence-electron chi connectivity index (χ2n) is 12.8. The molecule has 45 heavy (non-hydrogen) atoms. The van der Waals surface area contributed by atoms with Crippen molar-refractivity contribution in [3.8, 4) is 23.1 Å². The van der Waals surface area contributed by atoms with Crippen molar-refractivity contribution in [1.82, 2.24) is 14.8 Å². The molecule has 9 heteroatoms. The first-order valence-electron chi connectivity index (χ1n) is 15.7. The highest BCUT2D eigenvalue weighted by Crippen LogP contribution is 2.46. The van der Waals surface area contributed by atoms with Gasteiger partial charge in [0.1, 0.15) is 24.4 Å². The molecule has 4 atom stereocenters. The van der Waals surface area contributed by atoms with Crippen LogP contribution in [-0.2, 0) is 4.79 Å². The Labute approximate surface area is 266 Å². The van der Waals surface area contributed by atoms with Crippen LogP contribution in [0.15, 0.2) is 67.3 Å². The highest BCUT2D eigenvalue weighted by molar-refractivity contribution is 6.36. The highest BCUT2D eigenvalue weighted by Gasteiger charge is 2.51. The second kappa shape index (κ2) is 10.7. The van der Waals surface area contributed by atoms with Gasteiger partial charge in [-0.3, -0.25) is 9.69 Å². The zero-order valence-electron chi connectivity index (χ0n) is 24.9. The number of likely N-dealkylation sites (tertiary alicyclic amines) is 1. The van der Waals surface area contributed by atoms with Crippen molar-refractivity contribution >= 4 is 44.9 Å². The monoisotopic (exact) mass is 621 g/mol. The molecule has 0 unspecified atom stereocenters. The lowest BCUT2D eigenvalue weighted by Crippen LogP contribution is -2.63. The molecule has 1 aromatic heterocycles. The van der Waals surface area contributed by atoms with Gasteiger partial charge in [-0.15, -0.1) is 0 Å². The Bertz CT molecular complexity index is 1920. The van der Waals surface area contributed by atoms with Crippen LogP contribution in [0.2, 0.25) is 5.02 Å². The number of aromatic nitrogens is 1. The van der Waals surface area contributed by atoms with Crippen molar-refractivity contribution in [2.75, 3.05) is 37.7 Å². The number of amides is 1. The number of halogens is 2. The molecule has 4 saturated heterocycles. The van der Waals surface area contributed by atoms with Crippen LogP contribution in [0.4, 0.5) is 10.1 Å². The number of nitrogens with zero attached hydrogens (tertiary/aromatic N) is 5. The van der Waals surface area contributed by atoms with E-state index >= 15 is 0 Å². The molecule has 8 rings (SSSR count). The van der Waals surface area contributed by atoms with Crippen LogP contribution in [0.3, 0.4) is 0 Å². The third kappa shape index (κ3) is 4.39. The average molecular weight is 622 g/mol. The second-order valence-corrected chi connectivity index (χ2v) is 13.2. The Hall–Kier alpha value is -4.19. The molecule has 0 radical (unpaired) electrons. The standard InChI is InChI=1S/C36H33ClFN5O2/c1-2-32(44)42-15-12-30-31(42)20-43(30)34-26-11-10-23(25-8-3-6-22-7-4-9-28(37)33(22)25)16-29(26)40-35(27(34)18-39)45-21-36-13-5-14-41(36)19-24(38)17-36/h2-4,6-11,16,24,30-31H,1,5,12-15,17,19-21H2/t24-,30-,31-,36+/m1/s1. The van der Waals surface area contributed by atoms with Gasteiger partial charge in [-0.1, -0.05) is 60.6 Å². The Morgan fingerprint density at radius 3 is 2.84 bits per heavy atom. The van der Waals surface area contributed by atoms with Crippen molar-refractivity contribution in [2.45, 2.75) is 49.5 Å². The maximum atomic E-state index is 14.6. The summed E-state index contributed by atoms with van der Waals surface area (Å²) >= 11 is 6.70. The van der Waals surface area contributed by atoms with Gasteiger partial charge in [-0.05, 0) is 60.5 Å². The first-order valence-corrected chi connectivity index (χ1v) is 16.1. The molecule has 4 aliphatic rings. The largest absolute Gasteiger partial charge is 0.475 e. The summed E-state index contributed by atoms with van der Waals surface area (Å²) in [6.45, 7) is 6.51. The third-order valence-corrected chi connectivity index (χ3v) is 10.8. The highest BCUT2D eigenvalue weighted by atomic mass is 35.5. The number of nitriles is 1. The van der Waals surface area contributed by atoms with Crippen molar-refractivity contribution in [1.29, 1.82) is 5.26 Å².